The number of nitrogens with zero attached hydrogens (tertiary/aromatic N) is 1. The van der Waals surface area contributed by atoms with Gasteiger partial charge in [-0.3, -0.25) is 4.79 Å². The molecule has 19 heavy (non-hydrogen) atoms. The first kappa shape index (κ1) is 13.6. The molecule has 0 unspecified atom stereocenters. The summed E-state index contributed by atoms with van der Waals surface area (Å²) in [7, 11) is 1.86. The van der Waals surface area contributed by atoms with Crippen molar-refractivity contribution in [1.82, 2.24) is 4.90 Å². The molecule has 0 saturated heterocycles. The maximum Gasteiger partial charge on any atom is 0.254 e. The molecule has 0 saturated carbocycles. The maximum atomic E-state index is 12.8. The van der Waals surface area contributed by atoms with E-state index in [1.165, 1.54) is 0 Å². The molecule has 0 spiro atoms. The van der Waals surface area contributed by atoms with Gasteiger partial charge in [0, 0.05) is 12.6 Å². The topological polar surface area (TPSA) is 20.3 Å². The van der Waals surface area contributed by atoms with Crippen molar-refractivity contribution in [3.05, 3.63) is 47.5 Å². The van der Waals surface area contributed by atoms with E-state index in [0.717, 1.165) is 21.9 Å². The first-order valence-electron chi connectivity index (χ1n) is 6.59. The average molecular weight is 255 g/mol. The highest BCUT2D eigenvalue weighted by atomic mass is 16.2. The summed E-state index contributed by atoms with van der Waals surface area (Å²) in [6, 6.07) is 12.1. The number of hydrogen-bond acceptors (Lipinski definition) is 1. The molecule has 2 heteroatoms. The van der Waals surface area contributed by atoms with Crippen LogP contribution in [-0.4, -0.2) is 23.4 Å². The average Bonchev–Trinajstić information content (AvgIpc) is 2.36. The summed E-state index contributed by atoms with van der Waals surface area (Å²) in [5.74, 6) is 0.0850. The molecule has 100 valence electrons. The summed E-state index contributed by atoms with van der Waals surface area (Å²) in [6.45, 7) is 8.14. The van der Waals surface area contributed by atoms with Crippen LogP contribution in [0.15, 0.2) is 36.4 Å². The van der Waals surface area contributed by atoms with Gasteiger partial charge in [0.15, 0.2) is 0 Å². The molecule has 0 N–H and O–H groups in total. The minimum atomic E-state index is -0.180. The minimum absolute atomic E-state index is 0.0850. The lowest BCUT2D eigenvalue weighted by Crippen LogP contribution is -2.42. The van der Waals surface area contributed by atoms with Gasteiger partial charge in [-0.1, -0.05) is 36.4 Å². The highest BCUT2D eigenvalue weighted by Gasteiger charge is 2.25. The Kier molecular flexibility index (Phi) is 3.36. The first-order chi connectivity index (χ1) is 8.82. The zero-order valence-electron chi connectivity index (χ0n) is 12.3. The molecule has 2 nitrogen and oxygen atoms in total. The van der Waals surface area contributed by atoms with Crippen LogP contribution in [0.5, 0.6) is 0 Å². The van der Waals surface area contributed by atoms with Crippen molar-refractivity contribution in [2.24, 2.45) is 0 Å². The van der Waals surface area contributed by atoms with Gasteiger partial charge in [-0.15, -0.1) is 0 Å². The number of carbonyl (C=O) groups is 1. The maximum absolute atomic E-state index is 12.8. The van der Waals surface area contributed by atoms with Gasteiger partial charge >= 0.3 is 0 Å². The summed E-state index contributed by atoms with van der Waals surface area (Å²) in [4.78, 5) is 14.6. The van der Waals surface area contributed by atoms with Gasteiger partial charge in [0.25, 0.3) is 5.91 Å². The minimum Gasteiger partial charge on any atom is -0.337 e. The van der Waals surface area contributed by atoms with Gasteiger partial charge in [-0.2, -0.15) is 0 Å². The largest absolute Gasteiger partial charge is 0.337 e. The molecular formula is C17H21NO. The number of amides is 1. The molecule has 0 aliphatic carbocycles. The Labute approximate surface area is 115 Å². The Morgan fingerprint density at radius 3 is 2.32 bits per heavy atom. The van der Waals surface area contributed by atoms with Crippen LogP contribution in [0, 0.1) is 6.92 Å². The van der Waals surface area contributed by atoms with Gasteiger partial charge in [0.05, 0.1) is 5.56 Å². The second-order valence-corrected chi connectivity index (χ2v) is 6.01. The van der Waals surface area contributed by atoms with E-state index < -0.39 is 0 Å². The fourth-order valence-corrected chi connectivity index (χ4v) is 2.14. The molecule has 1 amide bonds. The van der Waals surface area contributed by atoms with E-state index in [9.17, 15) is 4.79 Å². The van der Waals surface area contributed by atoms with Crippen LogP contribution in [-0.2, 0) is 0 Å². The second kappa shape index (κ2) is 4.69. The molecule has 0 aliphatic rings. The van der Waals surface area contributed by atoms with Crippen molar-refractivity contribution < 1.29 is 4.79 Å². The van der Waals surface area contributed by atoms with Gasteiger partial charge < -0.3 is 4.90 Å². The lowest BCUT2D eigenvalue weighted by molar-refractivity contribution is 0.0657. The number of hydrogen-bond donors (Lipinski definition) is 0. The van der Waals surface area contributed by atoms with Crippen molar-refractivity contribution in [2.75, 3.05) is 7.05 Å². The highest BCUT2D eigenvalue weighted by Crippen LogP contribution is 2.25. The van der Waals surface area contributed by atoms with E-state index in [1.54, 1.807) is 0 Å². The quantitative estimate of drug-likeness (QED) is 0.753. The van der Waals surface area contributed by atoms with Crippen LogP contribution >= 0.6 is 0 Å². The lowest BCUT2D eigenvalue weighted by Gasteiger charge is -2.32. The van der Waals surface area contributed by atoms with E-state index in [-0.39, 0.29) is 11.4 Å². The summed E-state index contributed by atoms with van der Waals surface area (Å²) in [6.07, 6.45) is 0. The molecule has 2 rings (SSSR count). The first-order valence-corrected chi connectivity index (χ1v) is 6.59. The van der Waals surface area contributed by atoms with Gasteiger partial charge in [-0.25, -0.2) is 0 Å². The van der Waals surface area contributed by atoms with Crippen LogP contribution in [0.1, 0.15) is 36.7 Å². The summed E-state index contributed by atoms with van der Waals surface area (Å²) in [5.41, 5.74) is 1.66. The SMILES string of the molecule is Cc1ccc2ccccc2c1C(=O)N(C)C(C)(C)C. The van der Waals surface area contributed by atoms with Gasteiger partial charge in [0.2, 0.25) is 0 Å². The Morgan fingerprint density at radius 1 is 1.05 bits per heavy atom. The van der Waals surface area contributed by atoms with Crippen LogP contribution < -0.4 is 0 Å². The Hall–Kier alpha value is -1.83. The Bertz CT molecular complexity index is 623. The number of rotatable bonds is 1. The van der Waals surface area contributed by atoms with E-state index in [2.05, 4.69) is 6.07 Å². The fourth-order valence-electron chi connectivity index (χ4n) is 2.14. The monoisotopic (exact) mass is 255 g/mol. The van der Waals surface area contributed by atoms with Crippen molar-refractivity contribution in [2.45, 2.75) is 33.2 Å². The zero-order valence-corrected chi connectivity index (χ0v) is 12.3. The van der Waals surface area contributed by atoms with Crippen molar-refractivity contribution in [1.29, 1.82) is 0 Å². The smallest absolute Gasteiger partial charge is 0.254 e. The van der Waals surface area contributed by atoms with Crippen LogP contribution in [0.3, 0.4) is 0 Å². The van der Waals surface area contributed by atoms with E-state index in [0.29, 0.717) is 0 Å². The molecule has 0 fully saturated rings. The molecule has 2 aromatic carbocycles. The molecule has 2 aromatic rings. The van der Waals surface area contributed by atoms with E-state index in [4.69, 9.17) is 0 Å². The second-order valence-electron chi connectivity index (χ2n) is 6.01. The van der Waals surface area contributed by atoms with Crippen molar-refractivity contribution in [3.63, 3.8) is 0 Å². The molecule has 0 atom stereocenters. The van der Waals surface area contributed by atoms with Crippen LogP contribution in [0.4, 0.5) is 0 Å². The normalized spacial score (nSPS) is 11.6. The number of fused-ring (bicyclic) bond motifs is 1. The lowest BCUT2D eigenvalue weighted by atomic mass is 9.97. The standard InChI is InChI=1S/C17H21NO/c1-12-10-11-13-8-6-7-9-14(13)15(12)16(19)18(5)17(2,3)4/h6-11H,1-5H3. The highest BCUT2D eigenvalue weighted by molar-refractivity contribution is 6.08. The summed E-state index contributed by atoms with van der Waals surface area (Å²) in [5, 5.41) is 2.14. The Balaban J connectivity index is 2.62. The van der Waals surface area contributed by atoms with Gasteiger partial charge in [0.1, 0.15) is 0 Å². The zero-order chi connectivity index (χ0) is 14.2. The molecule has 0 heterocycles. The molecule has 0 bridgehead atoms. The van der Waals surface area contributed by atoms with Crippen LogP contribution in [0.25, 0.3) is 10.8 Å². The number of benzene rings is 2. The predicted octanol–water partition coefficient (Wildman–Crippen LogP) is 4.02. The molecular weight excluding hydrogens is 234 g/mol. The fraction of sp³-hybridized carbons (Fsp3) is 0.353. The third-order valence-electron chi connectivity index (χ3n) is 3.66. The number of aryl methyl sites for hydroxylation is 1. The Morgan fingerprint density at radius 2 is 1.68 bits per heavy atom. The van der Waals surface area contributed by atoms with E-state index in [1.807, 2.05) is 70.0 Å². The molecule has 0 aliphatic heterocycles. The molecule has 0 radical (unpaired) electrons. The summed E-state index contributed by atoms with van der Waals surface area (Å²) >= 11 is 0. The van der Waals surface area contributed by atoms with Crippen molar-refractivity contribution in [3.8, 4) is 0 Å². The van der Waals surface area contributed by atoms with Crippen molar-refractivity contribution >= 4 is 16.7 Å². The summed E-state index contributed by atoms with van der Waals surface area (Å²) < 4.78 is 0. The predicted molar refractivity (Wildman–Crippen MR) is 80.5 cm³/mol. The van der Waals surface area contributed by atoms with Crippen LogP contribution in [0.2, 0.25) is 0 Å². The third kappa shape index (κ3) is 2.48. The van der Waals surface area contributed by atoms with Gasteiger partial charge in [-0.05, 0) is 44.0 Å². The molecule has 0 aromatic heterocycles. The van der Waals surface area contributed by atoms with E-state index >= 15 is 0 Å². The third-order valence-corrected chi connectivity index (χ3v) is 3.66. The number of carbonyl (C=O) groups excluding carboxylic acids is 1.